The number of benzene rings is 1. The monoisotopic (exact) mass is 522 g/mol. The molecule has 0 bridgehead atoms. The number of piperidine rings is 1. The summed E-state index contributed by atoms with van der Waals surface area (Å²) in [6.07, 6.45) is 8.37. The maximum Gasteiger partial charge on any atom is 0.528 e. The molecule has 1 fully saturated rings. The van der Waals surface area contributed by atoms with Gasteiger partial charge in [-0.05, 0) is 38.1 Å². The summed E-state index contributed by atoms with van der Waals surface area (Å²) in [5.41, 5.74) is 1.25. The molecule has 1 aromatic carbocycles. The molecule has 0 amide bonds. The lowest BCUT2D eigenvalue weighted by atomic mass is 10.1. The van der Waals surface area contributed by atoms with Crippen LogP contribution >= 0.6 is 0 Å². The first-order valence-corrected chi connectivity index (χ1v) is 12.0. The zero-order chi connectivity index (χ0) is 27.1. The minimum absolute atomic E-state index is 0.0131. The minimum atomic E-state index is -0.744. The second-order valence-electron chi connectivity index (χ2n) is 8.59. The second kappa shape index (κ2) is 12.2. The highest BCUT2D eigenvalue weighted by atomic mass is 19.1. The van der Waals surface area contributed by atoms with E-state index in [0.717, 1.165) is 0 Å². The van der Waals surface area contributed by atoms with E-state index in [9.17, 15) is 9.18 Å². The summed E-state index contributed by atoms with van der Waals surface area (Å²) in [7, 11) is 1.54. The van der Waals surface area contributed by atoms with Gasteiger partial charge in [0.1, 0.15) is 23.7 Å². The predicted molar refractivity (Wildman–Crippen MR) is 134 cm³/mol. The number of halogens is 1. The van der Waals surface area contributed by atoms with Crippen LogP contribution in [0.1, 0.15) is 32.3 Å². The van der Waals surface area contributed by atoms with Gasteiger partial charge >= 0.3 is 6.16 Å². The Balaban J connectivity index is 1.42. The molecule has 198 valence electrons. The van der Waals surface area contributed by atoms with Crippen LogP contribution in [0.3, 0.4) is 0 Å². The molecule has 0 spiro atoms. The molecule has 1 saturated heterocycles. The van der Waals surface area contributed by atoms with E-state index in [1.54, 1.807) is 45.4 Å². The fraction of sp³-hybridized carbons (Fsp3) is 0.333. The number of carbonyl (C=O) groups is 1. The van der Waals surface area contributed by atoms with Crippen molar-refractivity contribution in [1.82, 2.24) is 20.0 Å². The Bertz CT molecular complexity index is 1320. The van der Waals surface area contributed by atoms with Gasteiger partial charge < -0.3 is 23.8 Å². The van der Waals surface area contributed by atoms with Crippen molar-refractivity contribution in [2.75, 3.05) is 20.2 Å². The molecule has 38 heavy (non-hydrogen) atoms. The van der Waals surface area contributed by atoms with Gasteiger partial charge in [-0.2, -0.15) is 0 Å². The summed E-state index contributed by atoms with van der Waals surface area (Å²) >= 11 is 0. The Kier molecular flexibility index (Phi) is 8.55. The molecule has 3 aromatic rings. The standard InChI is InChI=1S/C27H27FN4O6/c1-5-21-25(36-19-9-12-32(13-10-19)38-27(33)35-17(2)3)30-16-31-26(21)37-24-7-6-18(14-22(24)28)23-15-20(34-4)8-11-29-23/h1,6-8,11,14-17,19H,9-10,12-13H2,2-4H3. The number of carbonyl (C=O) groups excluding carboxylic acids is 1. The molecule has 0 aliphatic carbocycles. The maximum absolute atomic E-state index is 14.9. The van der Waals surface area contributed by atoms with Crippen LogP contribution in [-0.2, 0) is 9.57 Å². The number of ether oxygens (including phenoxy) is 4. The number of nitrogens with zero attached hydrogens (tertiary/aromatic N) is 4. The number of aromatic nitrogens is 3. The van der Waals surface area contributed by atoms with Crippen LogP contribution in [0.2, 0.25) is 0 Å². The van der Waals surface area contributed by atoms with Crippen molar-refractivity contribution in [3.63, 3.8) is 0 Å². The maximum atomic E-state index is 14.9. The highest BCUT2D eigenvalue weighted by Crippen LogP contribution is 2.32. The van der Waals surface area contributed by atoms with E-state index < -0.39 is 12.0 Å². The van der Waals surface area contributed by atoms with E-state index in [1.807, 2.05) is 0 Å². The predicted octanol–water partition coefficient (Wildman–Crippen LogP) is 4.78. The fourth-order valence-corrected chi connectivity index (χ4v) is 3.71. The third-order valence-corrected chi connectivity index (χ3v) is 5.54. The smallest absolute Gasteiger partial charge is 0.497 e. The van der Waals surface area contributed by atoms with Crippen molar-refractivity contribution in [2.45, 2.75) is 38.9 Å². The Morgan fingerprint density at radius 1 is 1.13 bits per heavy atom. The first-order chi connectivity index (χ1) is 18.4. The van der Waals surface area contributed by atoms with Crippen LogP contribution < -0.4 is 14.2 Å². The van der Waals surface area contributed by atoms with E-state index in [4.69, 9.17) is 30.2 Å². The van der Waals surface area contributed by atoms with Crippen molar-refractivity contribution in [2.24, 2.45) is 0 Å². The number of hydroxylamine groups is 2. The SMILES string of the molecule is C#Cc1c(Oc2ccc(-c3cc(OC)ccn3)cc2F)ncnc1OC1CCN(OC(=O)OC(C)C)CC1. The lowest BCUT2D eigenvalue weighted by Crippen LogP contribution is -2.40. The van der Waals surface area contributed by atoms with Crippen LogP contribution in [0, 0.1) is 18.2 Å². The normalized spacial score (nSPS) is 14.0. The number of hydrogen-bond donors (Lipinski definition) is 0. The van der Waals surface area contributed by atoms with Crippen LogP contribution in [-0.4, -0.2) is 58.6 Å². The highest BCUT2D eigenvalue weighted by Gasteiger charge is 2.26. The largest absolute Gasteiger partial charge is 0.528 e. The lowest BCUT2D eigenvalue weighted by Gasteiger charge is -2.30. The number of pyridine rings is 1. The van der Waals surface area contributed by atoms with E-state index in [1.165, 1.54) is 23.5 Å². The zero-order valence-corrected chi connectivity index (χ0v) is 21.2. The Hall–Kier alpha value is -4.43. The molecule has 0 saturated carbocycles. The topological polar surface area (TPSA) is 105 Å². The Labute approximate surface area is 219 Å². The van der Waals surface area contributed by atoms with Gasteiger partial charge in [0, 0.05) is 43.8 Å². The van der Waals surface area contributed by atoms with Crippen molar-refractivity contribution in [3.05, 3.63) is 54.2 Å². The van der Waals surface area contributed by atoms with E-state index in [-0.39, 0.29) is 35.3 Å². The molecule has 3 heterocycles. The number of hydrogen-bond acceptors (Lipinski definition) is 10. The molecule has 1 aliphatic rings. The molecule has 2 aromatic heterocycles. The van der Waals surface area contributed by atoms with Crippen molar-refractivity contribution < 1.29 is 33.0 Å². The number of rotatable bonds is 8. The molecule has 0 unspecified atom stereocenters. The van der Waals surface area contributed by atoms with Gasteiger partial charge in [-0.25, -0.2) is 19.2 Å². The van der Waals surface area contributed by atoms with Crippen molar-refractivity contribution in [1.29, 1.82) is 0 Å². The number of terminal acetylenes is 1. The first-order valence-electron chi connectivity index (χ1n) is 12.0. The van der Waals surface area contributed by atoms with Crippen LogP contribution in [0.4, 0.5) is 9.18 Å². The van der Waals surface area contributed by atoms with E-state index in [0.29, 0.717) is 42.9 Å². The van der Waals surface area contributed by atoms with Gasteiger partial charge in [-0.1, -0.05) is 5.92 Å². The van der Waals surface area contributed by atoms with Crippen molar-refractivity contribution >= 4 is 6.16 Å². The average molecular weight is 523 g/mol. The van der Waals surface area contributed by atoms with Gasteiger partial charge in [-0.3, -0.25) is 4.98 Å². The Morgan fingerprint density at radius 2 is 1.89 bits per heavy atom. The summed E-state index contributed by atoms with van der Waals surface area (Å²) in [6, 6.07) is 7.84. The highest BCUT2D eigenvalue weighted by molar-refractivity contribution is 5.62. The molecular weight excluding hydrogens is 495 g/mol. The summed E-state index contributed by atoms with van der Waals surface area (Å²) in [4.78, 5) is 29.4. The third-order valence-electron chi connectivity index (χ3n) is 5.54. The molecule has 0 N–H and O–H groups in total. The lowest BCUT2D eigenvalue weighted by molar-refractivity contribution is -0.151. The third kappa shape index (κ3) is 6.66. The molecule has 0 atom stereocenters. The van der Waals surface area contributed by atoms with Crippen LogP contribution in [0.25, 0.3) is 11.3 Å². The summed E-state index contributed by atoms with van der Waals surface area (Å²) < 4.78 is 36.9. The van der Waals surface area contributed by atoms with Crippen molar-refractivity contribution in [3.8, 4) is 46.9 Å². The summed E-state index contributed by atoms with van der Waals surface area (Å²) in [5.74, 6) is 2.52. The molecule has 11 heteroatoms. The van der Waals surface area contributed by atoms with Gasteiger partial charge in [0.05, 0.1) is 18.9 Å². The fourth-order valence-electron chi connectivity index (χ4n) is 3.71. The molecular formula is C27H27FN4O6. The molecule has 4 rings (SSSR count). The summed E-state index contributed by atoms with van der Waals surface area (Å²) in [5, 5.41) is 1.52. The molecule has 10 nitrogen and oxygen atoms in total. The quantitative estimate of drug-likeness (QED) is 0.303. The minimum Gasteiger partial charge on any atom is -0.497 e. The molecule has 0 radical (unpaired) electrons. The van der Waals surface area contributed by atoms with Crippen LogP contribution in [0.5, 0.6) is 23.3 Å². The van der Waals surface area contributed by atoms with Gasteiger partial charge in [0.2, 0.25) is 11.8 Å². The van der Waals surface area contributed by atoms with Gasteiger partial charge in [0.25, 0.3) is 0 Å². The van der Waals surface area contributed by atoms with Crippen LogP contribution in [0.15, 0.2) is 42.9 Å². The second-order valence-corrected chi connectivity index (χ2v) is 8.59. The first kappa shape index (κ1) is 26.6. The van der Waals surface area contributed by atoms with Gasteiger partial charge in [-0.15, -0.1) is 11.5 Å². The van der Waals surface area contributed by atoms with E-state index >= 15 is 0 Å². The van der Waals surface area contributed by atoms with E-state index in [2.05, 4.69) is 20.9 Å². The molecule has 1 aliphatic heterocycles. The Morgan fingerprint density at radius 3 is 2.58 bits per heavy atom. The average Bonchev–Trinajstić information content (AvgIpc) is 2.90. The zero-order valence-electron chi connectivity index (χ0n) is 21.2. The number of methoxy groups -OCH3 is 1. The summed E-state index contributed by atoms with van der Waals surface area (Å²) in [6.45, 7) is 4.37. The van der Waals surface area contributed by atoms with Gasteiger partial charge in [0.15, 0.2) is 11.6 Å².